The molecule has 8 nitrogen and oxygen atoms in total. The fourth-order valence-electron chi connectivity index (χ4n) is 1.39. The van der Waals surface area contributed by atoms with Crippen LogP contribution in [-0.4, -0.2) is 42.0 Å². The third-order valence-electron chi connectivity index (χ3n) is 2.20. The number of aromatic nitrogens is 1. The number of aromatic carboxylic acids is 1. The zero-order chi connectivity index (χ0) is 16.4. The summed E-state index contributed by atoms with van der Waals surface area (Å²) in [7, 11) is -4.13. The lowest BCUT2D eigenvalue weighted by Gasteiger charge is -2.23. The molecule has 1 amide bonds. The molecule has 1 atom stereocenters. The molecule has 0 fully saturated rings. The first kappa shape index (κ1) is 17.5. The van der Waals surface area contributed by atoms with Crippen LogP contribution in [0.15, 0.2) is 9.72 Å². The molecular formula is C11H17N3O5S2. The van der Waals surface area contributed by atoms with Gasteiger partial charge in [-0.3, -0.25) is 4.79 Å². The van der Waals surface area contributed by atoms with Crippen molar-refractivity contribution in [2.75, 3.05) is 0 Å². The van der Waals surface area contributed by atoms with E-state index in [9.17, 15) is 18.0 Å². The maximum atomic E-state index is 12.1. The molecular weight excluding hydrogens is 318 g/mol. The van der Waals surface area contributed by atoms with E-state index in [1.165, 1.54) is 6.92 Å². The Bertz CT molecular complexity index is 645. The Morgan fingerprint density at radius 1 is 1.38 bits per heavy atom. The largest absolute Gasteiger partial charge is 0.476 e. The molecule has 1 rings (SSSR count). The fraction of sp³-hybridized carbons (Fsp3) is 0.545. The molecule has 0 aromatic carbocycles. The molecule has 0 spiro atoms. The van der Waals surface area contributed by atoms with Gasteiger partial charge in [0.2, 0.25) is 5.91 Å². The smallest absolute Gasteiger partial charge is 0.356 e. The summed E-state index contributed by atoms with van der Waals surface area (Å²) >= 11 is 0.678. The third-order valence-corrected chi connectivity index (χ3v) is 5.12. The van der Waals surface area contributed by atoms with Crippen molar-refractivity contribution in [1.29, 1.82) is 0 Å². The highest BCUT2D eigenvalue weighted by Gasteiger charge is 2.29. The lowest BCUT2D eigenvalue weighted by molar-refractivity contribution is -0.123. The molecule has 1 unspecified atom stereocenters. The molecule has 0 saturated carbocycles. The summed E-state index contributed by atoms with van der Waals surface area (Å²) in [5.74, 6) is -1.95. The first-order valence-corrected chi connectivity index (χ1v) is 8.31. The van der Waals surface area contributed by atoms with Gasteiger partial charge in [0.25, 0.3) is 10.0 Å². The van der Waals surface area contributed by atoms with Crippen molar-refractivity contribution in [1.82, 2.24) is 15.0 Å². The van der Waals surface area contributed by atoms with Crippen molar-refractivity contribution >= 4 is 33.2 Å². The van der Waals surface area contributed by atoms with Crippen LogP contribution >= 0.6 is 11.3 Å². The van der Waals surface area contributed by atoms with Crippen LogP contribution in [0.2, 0.25) is 0 Å². The van der Waals surface area contributed by atoms with E-state index < -0.39 is 43.4 Å². The van der Waals surface area contributed by atoms with E-state index in [-0.39, 0.29) is 0 Å². The van der Waals surface area contributed by atoms with Gasteiger partial charge in [0, 0.05) is 5.54 Å². The maximum absolute atomic E-state index is 12.1. The molecule has 0 radical (unpaired) electrons. The highest BCUT2D eigenvalue weighted by atomic mass is 32.2. The second-order valence-corrected chi connectivity index (χ2v) is 8.14. The predicted molar refractivity (Wildman–Crippen MR) is 76.8 cm³/mol. The van der Waals surface area contributed by atoms with Gasteiger partial charge < -0.3 is 10.4 Å². The first-order valence-electron chi connectivity index (χ1n) is 5.95. The SMILES string of the molecule is CC(NS(=O)(=O)c1scnc1C(=O)O)C(=O)NC(C)(C)C. The monoisotopic (exact) mass is 335 g/mol. The molecule has 0 aliphatic carbocycles. The number of sulfonamides is 1. The van der Waals surface area contributed by atoms with Crippen LogP contribution in [0.5, 0.6) is 0 Å². The molecule has 1 aromatic rings. The number of amides is 1. The molecule has 0 bridgehead atoms. The zero-order valence-electron chi connectivity index (χ0n) is 12.0. The van der Waals surface area contributed by atoms with Crippen LogP contribution in [0.1, 0.15) is 38.2 Å². The Morgan fingerprint density at radius 2 is 1.95 bits per heavy atom. The number of carboxylic acid groups (broad SMARTS) is 1. The van der Waals surface area contributed by atoms with Gasteiger partial charge in [0.15, 0.2) is 9.90 Å². The number of carbonyl (C=O) groups excluding carboxylic acids is 1. The van der Waals surface area contributed by atoms with Gasteiger partial charge in [-0.1, -0.05) is 0 Å². The summed E-state index contributed by atoms with van der Waals surface area (Å²) in [6.45, 7) is 6.66. The Kier molecular flexibility index (Phi) is 5.07. The van der Waals surface area contributed by atoms with E-state index >= 15 is 0 Å². The summed E-state index contributed by atoms with van der Waals surface area (Å²) in [6, 6.07) is -1.04. The highest BCUT2D eigenvalue weighted by molar-refractivity contribution is 7.91. The number of carbonyl (C=O) groups is 2. The molecule has 118 valence electrons. The highest BCUT2D eigenvalue weighted by Crippen LogP contribution is 2.20. The minimum absolute atomic E-state index is 0.426. The van der Waals surface area contributed by atoms with Crippen LogP contribution in [0.25, 0.3) is 0 Å². The summed E-state index contributed by atoms with van der Waals surface area (Å²) < 4.78 is 25.9. The number of nitrogens with zero attached hydrogens (tertiary/aromatic N) is 1. The van der Waals surface area contributed by atoms with Crippen molar-refractivity contribution < 1.29 is 23.1 Å². The summed E-state index contributed by atoms with van der Waals surface area (Å²) in [5.41, 5.74) is 0.0572. The van der Waals surface area contributed by atoms with Crippen molar-refractivity contribution in [3.63, 3.8) is 0 Å². The van der Waals surface area contributed by atoms with Crippen LogP contribution in [0.4, 0.5) is 0 Å². The topological polar surface area (TPSA) is 125 Å². The van der Waals surface area contributed by atoms with Gasteiger partial charge >= 0.3 is 5.97 Å². The van der Waals surface area contributed by atoms with Gasteiger partial charge in [-0.15, -0.1) is 11.3 Å². The number of hydrogen-bond donors (Lipinski definition) is 3. The minimum Gasteiger partial charge on any atom is -0.476 e. The molecule has 3 N–H and O–H groups in total. The first-order chi connectivity index (χ1) is 9.44. The molecule has 1 heterocycles. The van der Waals surface area contributed by atoms with E-state index in [0.717, 1.165) is 5.51 Å². The van der Waals surface area contributed by atoms with E-state index in [4.69, 9.17) is 5.11 Å². The van der Waals surface area contributed by atoms with Gasteiger partial charge in [-0.05, 0) is 27.7 Å². The quantitative estimate of drug-likeness (QED) is 0.716. The average Bonchev–Trinajstić information content (AvgIpc) is 2.75. The predicted octanol–water partition coefficient (Wildman–Crippen LogP) is 0.423. The fourth-order valence-corrected chi connectivity index (χ4v) is 3.75. The molecule has 0 aliphatic heterocycles. The van der Waals surface area contributed by atoms with Crippen LogP contribution in [-0.2, 0) is 14.8 Å². The Hall–Kier alpha value is -1.52. The Morgan fingerprint density at radius 3 is 2.43 bits per heavy atom. The number of hydrogen-bond acceptors (Lipinski definition) is 6. The molecule has 0 aliphatic rings. The van der Waals surface area contributed by atoms with Crippen molar-refractivity contribution in [2.24, 2.45) is 0 Å². The van der Waals surface area contributed by atoms with Gasteiger partial charge in [-0.25, -0.2) is 18.2 Å². The average molecular weight is 335 g/mol. The Balaban J connectivity index is 2.93. The second kappa shape index (κ2) is 6.08. The second-order valence-electron chi connectivity index (χ2n) is 5.38. The van der Waals surface area contributed by atoms with Gasteiger partial charge in [0.05, 0.1) is 11.6 Å². The summed E-state index contributed by atoms with van der Waals surface area (Å²) in [4.78, 5) is 26.3. The van der Waals surface area contributed by atoms with Crippen LogP contribution < -0.4 is 10.0 Å². The standard InChI is InChI=1S/C11H17N3O5S2/c1-6(8(15)13-11(2,3)4)14-21(18,19)10-7(9(16)17)12-5-20-10/h5-6,14H,1-4H3,(H,13,15)(H,16,17). The molecule has 10 heteroatoms. The summed E-state index contributed by atoms with van der Waals surface area (Å²) in [6.07, 6.45) is 0. The van der Waals surface area contributed by atoms with Crippen molar-refractivity contribution in [3.8, 4) is 0 Å². The lowest BCUT2D eigenvalue weighted by atomic mass is 10.1. The lowest BCUT2D eigenvalue weighted by Crippen LogP contribution is -2.50. The number of thiazole rings is 1. The van der Waals surface area contributed by atoms with Gasteiger partial charge in [0.1, 0.15) is 0 Å². The number of nitrogens with one attached hydrogen (secondary N) is 2. The maximum Gasteiger partial charge on any atom is 0.356 e. The molecule has 21 heavy (non-hydrogen) atoms. The number of carboxylic acids is 1. The minimum atomic E-state index is -4.13. The van der Waals surface area contributed by atoms with E-state index in [0.29, 0.717) is 11.3 Å². The van der Waals surface area contributed by atoms with E-state index in [2.05, 4.69) is 15.0 Å². The molecule has 1 aromatic heterocycles. The third kappa shape index (κ3) is 4.76. The molecule has 0 saturated heterocycles. The van der Waals surface area contributed by atoms with Gasteiger partial charge in [-0.2, -0.15) is 4.72 Å². The van der Waals surface area contributed by atoms with Crippen LogP contribution in [0.3, 0.4) is 0 Å². The van der Waals surface area contributed by atoms with Crippen molar-refractivity contribution in [2.45, 2.75) is 43.5 Å². The van der Waals surface area contributed by atoms with E-state index in [1.54, 1.807) is 20.8 Å². The normalized spacial score (nSPS) is 13.7. The summed E-state index contributed by atoms with van der Waals surface area (Å²) in [5, 5.41) is 11.5. The van der Waals surface area contributed by atoms with E-state index in [1.807, 2.05) is 0 Å². The Labute approximate surface area is 126 Å². The van der Waals surface area contributed by atoms with Crippen molar-refractivity contribution in [3.05, 3.63) is 11.2 Å². The van der Waals surface area contributed by atoms with Crippen LogP contribution in [0, 0.1) is 0 Å². The zero-order valence-corrected chi connectivity index (χ0v) is 13.6. The number of rotatable bonds is 5.